The molecule has 0 fully saturated rings. The molecule has 3 aromatic rings. The van der Waals surface area contributed by atoms with Gasteiger partial charge in [0.05, 0.1) is 23.3 Å². The van der Waals surface area contributed by atoms with Gasteiger partial charge in [-0.2, -0.15) is 0 Å². The second-order valence-electron chi connectivity index (χ2n) is 7.41. The molecule has 1 aliphatic rings. The van der Waals surface area contributed by atoms with Crippen LogP contribution in [-0.4, -0.2) is 33.3 Å². The van der Waals surface area contributed by atoms with E-state index in [1.165, 1.54) is 11.4 Å². The van der Waals surface area contributed by atoms with Gasteiger partial charge < -0.3 is 5.32 Å². The third kappa shape index (κ3) is 4.67. The van der Waals surface area contributed by atoms with Crippen molar-refractivity contribution in [1.82, 2.24) is 0 Å². The number of aliphatic imine (C=N–C) groups is 1. The van der Waals surface area contributed by atoms with Gasteiger partial charge in [-0.15, -0.1) is 0 Å². The number of fused-ring (bicyclic) bond motifs is 1. The van der Waals surface area contributed by atoms with Gasteiger partial charge in [-0.1, -0.05) is 29.8 Å². The molecule has 6 nitrogen and oxygen atoms in total. The maximum atomic E-state index is 13.0. The Kier molecular flexibility index (Phi) is 6.28. The molecule has 0 saturated carbocycles. The first-order valence-electron chi connectivity index (χ1n) is 9.62. The van der Waals surface area contributed by atoms with E-state index in [0.29, 0.717) is 27.8 Å². The summed E-state index contributed by atoms with van der Waals surface area (Å²) >= 11 is 8.34. The average molecular weight is 580 g/mol. The molecule has 3 aromatic carbocycles. The van der Waals surface area contributed by atoms with E-state index < -0.39 is 15.9 Å². The van der Waals surface area contributed by atoms with Crippen molar-refractivity contribution in [2.24, 2.45) is 4.99 Å². The lowest BCUT2D eigenvalue weighted by Crippen LogP contribution is -2.24. The summed E-state index contributed by atoms with van der Waals surface area (Å²) in [6, 6.07) is 20.0. The van der Waals surface area contributed by atoms with Crippen LogP contribution in [-0.2, 0) is 14.8 Å². The minimum absolute atomic E-state index is 0.173. The Morgan fingerprint density at radius 3 is 2.47 bits per heavy atom. The molecule has 0 bridgehead atoms. The maximum absolute atomic E-state index is 13.0. The lowest BCUT2D eigenvalue weighted by molar-refractivity contribution is -0.115. The van der Waals surface area contributed by atoms with Crippen molar-refractivity contribution in [1.29, 1.82) is 0 Å². The summed E-state index contributed by atoms with van der Waals surface area (Å²) in [5, 5.41) is 3.44. The van der Waals surface area contributed by atoms with Crippen molar-refractivity contribution in [2.75, 3.05) is 22.9 Å². The number of amides is 1. The lowest BCUT2D eigenvalue weighted by atomic mass is 9.90. The number of halogens is 2. The van der Waals surface area contributed by atoms with Gasteiger partial charge in [0.1, 0.15) is 5.92 Å². The van der Waals surface area contributed by atoms with Crippen LogP contribution in [0.15, 0.2) is 71.7 Å². The molecule has 0 spiro atoms. The van der Waals surface area contributed by atoms with E-state index in [4.69, 9.17) is 16.6 Å². The summed E-state index contributed by atoms with van der Waals surface area (Å²) in [4.78, 5) is 17.8. The molecule has 4 rings (SSSR count). The quantitative estimate of drug-likeness (QED) is 0.334. The van der Waals surface area contributed by atoms with E-state index in [-0.39, 0.29) is 5.91 Å². The zero-order valence-electron chi connectivity index (χ0n) is 17.2. The topological polar surface area (TPSA) is 78.8 Å². The Bertz CT molecular complexity index is 1340. The SMILES string of the molecule is CN(c1ccc(N=C(c2cccc(I)c2)C2C(=O)Nc3cc(Cl)ccc32)cc1)S(C)(=O)=O. The first-order chi connectivity index (χ1) is 15.1. The average Bonchev–Trinajstić information content (AvgIpc) is 3.06. The fourth-order valence-electron chi connectivity index (χ4n) is 3.52. The summed E-state index contributed by atoms with van der Waals surface area (Å²) in [7, 11) is -1.87. The van der Waals surface area contributed by atoms with Crippen LogP contribution in [0.5, 0.6) is 0 Å². The second-order valence-corrected chi connectivity index (χ2v) is 11.1. The number of benzene rings is 3. The van der Waals surface area contributed by atoms with Crippen molar-refractivity contribution in [3.63, 3.8) is 0 Å². The molecule has 1 N–H and O–H groups in total. The van der Waals surface area contributed by atoms with E-state index in [2.05, 4.69) is 27.9 Å². The van der Waals surface area contributed by atoms with Crippen LogP contribution >= 0.6 is 34.2 Å². The van der Waals surface area contributed by atoms with Crippen LogP contribution in [0, 0.1) is 3.57 Å². The molecule has 0 aliphatic carbocycles. The molecular formula is C23H19ClIN3O3S. The number of nitrogens with one attached hydrogen (secondary N) is 1. The van der Waals surface area contributed by atoms with Gasteiger partial charge in [0.2, 0.25) is 15.9 Å². The highest BCUT2D eigenvalue weighted by Crippen LogP contribution is 2.38. The van der Waals surface area contributed by atoms with E-state index in [1.807, 2.05) is 30.3 Å². The third-order valence-electron chi connectivity index (χ3n) is 5.20. The number of hydrogen-bond donors (Lipinski definition) is 1. The van der Waals surface area contributed by atoms with Gasteiger partial charge in [-0.25, -0.2) is 8.42 Å². The molecule has 1 amide bonds. The molecule has 0 saturated heterocycles. The predicted octanol–water partition coefficient (Wildman–Crippen LogP) is 5.20. The Balaban J connectivity index is 1.82. The highest BCUT2D eigenvalue weighted by atomic mass is 127. The number of rotatable bonds is 5. The van der Waals surface area contributed by atoms with Crippen molar-refractivity contribution in [2.45, 2.75) is 5.92 Å². The normalized spacial score (nSPS) is 15.9. The number of anilines is 2. The van der Waals surface area contributed by atoms with Crippen LogP contribution in [0.25, 0.3) is 0 Å². The molecule has 0 aromatic heterocycles. The molecule has 1 unspecified atom stereocenters. The highest BCUT2D eigenvalue weighted by molar-refractivity contribution is 14.1. The largest absolute Gasteiger partial charge is 0.325 e. The van der Waals surface area contributed by atoms with Crippen molar-refractivity contribution < 1.29 is 13.2 Å². The Hall–Kier alpha value is -2.43. The monoisotopic (exact) mass is 579 g/mol. The zero-order chi connectivity index (χ0) is 23.0. The summed E-state index contributed by atoms with van der Waals surface area (Å²) in [6.07, 6.45) is 1.15. The van der Waals surface area contributed by atoms with Gasteiger partial charge in [-0.05, 0) is 82.2 Å². The number of sulfonamides is 1. The van der Waals surface area contributed by atoms with Crippen LogP contribution in [0.4, 0.5) is 17.1 Å². The molecule has 164 valence electrons. The number of carbonyl (C=O) groups is 1. The Labute approximate surface area is 205 Å². The van der Waals surface area contributed by atoms with E-state index in [9.17, 15) is 13.2 Å². The van der Waals surface area contributed by atoms with E-state index in [1.54, 1.807) is 36.4 Å². The molecule has 1 atom stereocenters. The predicted molar refractivity (Wildman–Crippen MR) is 138 cm³/mol. The van der Waals surface area contributed by atoms with E-state index >= 15 is 0 Å². The summed E-state index contributed by atoms with van der Waals surface area (Å²) in [6.45, 7) is 0. The maximum Gasteiger partial charge on any atom is 0.238 e. The van der Waals surface area contributed by atoms with Gasteiger partial charge in [-0.3, -0.25) is 14.1 Å². The summed E-state index contributed by atoms with van der Waals surface area (Å²) in [5.41, 5.74) is 4.06. The van der Waals surface area contributed by atoms with Gasteiger partial charge in [0.25, 0.3) is 0 Å². The van der Waals surface area contributed by atoms with Crippen molar-refractivity contribution in [3.05, 3.63) is 86.4 Å². The summed E-state index contributed by atoms with van der Waals surface area (Å²) in [5.74, 6) is -0.771. The molecule has 1 heterocycles. The van der Waals surface area contributed by atoms with Crippen LogP contribution < -0.4 is 9.62 Å². The molecule has 1 aliphatic heterocycles. The Morgan fingerprint density at radius 2 is 1.81 bits per heavy atom. The Morgan fingerprint density at radius 1 is 1.09 bits per heavy atom. The molecule has 32 heavy (non-hydrogen) atoms. The summed E-state index contributed by atoms with van der Waals surface area (Å²) < 4.78 is 25.8. The first kappa shape index (κ1) is 22.8. The number of hydrogen-bond acceptors (Lipinski definition) is 4. The van der Waals surface area contributed by atoms with Gasteiger partial charge in [0, 0.05) is 21.3 Å². The third-order valence-corrected chi connectivity index (χ3v) is 7.31. The second kappa shape index (κ2) is 8.84. The zero-order valence-corrected chi connectivity index (χ0v) is 20.9. The minimum Gasteiger partial charge on any atom is -0.325 e. The van der Waals surface area contributed by atoms with Gasteiger partial charge >= 0.3 is 0 Å². The van der Waals surface area contributed by atoms with E-state index in [0.717, 1.165) is 21.0 Å². The first-order valence-corrected chi connectivity index (χ1v) is 12.9. The van der Waals surface area contributed by atoms with Crippen molar-refractivity contribution in [3.8, 4) is 0 Å². The minimum atomic E-state index is -3.36. The molecule has 0 radical (unpaired) electrons. The standard InChI is InChI=1S/C23H19ClIN3O3S/c1-28(32(2,30)31)18-9-7-17(8-10-18)26-22(14-4-3-5-16(25)12-14)21-19-11-6-15(24)13-20(19)27-23(21)29/h3-13,21H,1-2H3,(H,27,29). The number of nitrogens with zero attached hydrogens (tertiary/aromatic N) is 2. The molecular weight excluding hydrogens is 561 g/mol. The lowest BCUT2D eigenvalue weighted by Gasteiger charge is -2.17. The molecule has 9 heteroatoms. The van der Waals surface area contributed by atoms with Crippen LogP contribution in [0.1, 0.15) is 17.0 Å². The van der Waals surface area contributed by atoms with Crippen LogP contribution in [0.3, 0.4) is 0 Å². The van der Waals surface area contributed by atoms with Gasteiger partial charge in [0.15, 0.2) is 0 Å². The van der Waals surface area contributed by atoms with Crippen molar-refractivity contribution >= 4 is 72.9 Å². The number of carbonyl (C=O) groups excluding carboxylic acids is 1. The highest BCUT2D eigenvalue weighted by Gasteiger charge is 2.35. The van der Waals surface area contributed by atoms with Crippen LogP contribution in [0.2, 0.25) is 5.02 Å². The smallest absolute Gasteiger partial charge is 0.238 e. The fourth-order valence-corrected chi connectivity index (χ4v) is 4.74. The fraction of sp³-hybridized carbons (Fsp3) is 0.130.